The van der Waals surface area contributed by atoms with Crippen LogP contribution in [0.15, 0.2) is 12.1 Å². The van der Waals surface area contributed by atoms with E-state index in [0.717, 1.165) is 47.3 Å². The highest BCUT2D eigenvalue weighted by Gasteiger charge is 2.49. The van der Waals surface area contributed by atoms with E-state index >= 15 is 0 Å². The lowest BCUT2D eigenvalue weighted by molar-refractivity contribution is 0.659. The molecule has 0 radical (unpaired) electrons. The van der Waals surface area contributed by atoms with E-state index in [2.05, 4.69) is 12.1 Å². The second-order valence-corrected chi connectivity index (χ2v) is 13.7. The third kappa shape index (κ3) is 2.02. The smallest absolute Gasteiger partial charge is 0.00197 e. The topological polar surface area (TPSA) is 0 Å². The molecule has 0 heteroatoms. The first-order valence-electron chi connectivity index (χ1n) is 14.7. The van der Waals surface area contributed by atoms with Crippen LogP contribution in [0, 0.1) is 0 Å². The van der Waals surface area contributed by atoms with Crippen molar-refractivity contribution in [3.63, 3.8) is 0 Å². The van der Waals surface area contributed by atoms with Gasteiger partial charge in [0.05, 0.1) is 0 Å². The second kappa shape index (κ2) is 5.80. The highest BCUT2D eigenvalue weighted by molar-refractivity contribution is 5.63. The van der Waals surface area contributed by atoms with Gasteiger partial charge in [0, 0.05) is 0 Å². The Balaban J connectivity index is 1.19. The van der Waals surface area contributed by atoms with Gasteiger partial charge in [0.25, 0.3) is 0 Å². The molecule has 2 aromatic carbocycles. The zero-order valence-corrected chi connectivity index (χ0v) is 20.0. The number of rotatable bonds is 2. The van der Waals surface area contributed by atoms with E-state index in [1.165, 1.54) is 83.5 Å². The molecule has 8 bridgehead atoms. The van der Waals surface area contributed by atoms with Crippen LogP contribution in [0.2, 0.25) is 0 Å². The minimum atomic E-state index is 0.902. The van der Waals surface area contributed by atoms with Gasteiger partial charge >= 0.3 is 0 Å². The molecule has 0 aromatic heterocycles. The summed E-state index contributed by atoms with van der Waals surface area (Å²) in [4.78, 5) is 0. The molecular formula is C33H36. The van der Waals surface area contributed by atoms with Crippen LogP contribution >= 0.6 is 0 Å². The van der Waals surface area contributed by atoms with Crippen molar-refractivity contribution in [2.45, 2.75) is 131 Å². The van der Waals surface area contributed by atoms with Crippen molar-refractivity contribution in [2.75, 3.05) is 0 Å². The Hall–Kier alpha value is -1.56. The molecule has 0 nitrogen and oxygen atoms in total. The predicted molar refractivity (Wildman–Crippen MR) is 133 cm³/mol. The van der Waals surface area contributed by atoms with Crippen LogP contribution in [0.25, 0.3) is 0 Å². The minimum absolute atomic E-state index is 0.902. The van der Waals surface area contributed by atoms with Gasteiger partial charge in [-0.25, -0.2) is 0 Å². The molecule has 4 saturated carbocycles. The Morgan fingerprint density at radius 3 is 1.18 bits per heavy atom. The molecule has 0 aliphatic heterocycles. The lowest BCUT2D eigenvalue weighted by Gasteiger charge is -2.30. The fourth-order valence-electron chi connectivity index (χ4n) is 11.6. The Morgan fingerprint density at radius 2 is 0.727 bits per heavy atom. The maximum Gasteiger partial charge on any atom is -0.00197 e. The van der Waals surface area contributed by atoms with Crippen LogP contribution in [0.4, 0.5) is 0 Å². The SMILES string of the molecule is c1c(Cc2cc3c(c4c2C2CCC4C2)C2CCC3C2)c2c(c3c1C1CCC3C1)C1CCC2C1. The third-order valence-corrected chi connectivity index (χ3v) is 12.6. The molecule has 0 heterocycles. The number of hydrogen-bond donors (Lipinski definition) is 0. The van der Waals surface area contributed by atoms with Crippen LogP contribution in [0.5, 0.6) is 0 Å². The maximum atomic E-state index is 2.80. The van der Waals surface area contributed by atoms with Gasteiger partial charge in [0.2, 0.25) is 0 Å². The van der Waals surface area contributed by atoms with Gasteiger partial charge in [-0.3, -0.25) is 0 Å². The van der Waals surface area contributed by atoms with E-state index in [4.69, 9.17) is 0 Å². The molecule has 2 aromatic rings. The van der Waals surface area contributed by atoms with Gasteiger partial charge in [-0.1, -0.05) is 12.1 Å². The molecule has 8 unspecified atom stereocenters. The molecule has 0 saturated heterocycles. The summed E-state index contributed by atoms with van der Waals surface area (Å²) in [6.45, 7) is 0. The average molecular weight is 433 g/mol. The fraction of sp³-hybridized carbons (Fsp3) is 0.636. The molecule has 0 spiro atoms. The Labute approximate surface area is 198 Å². The summed E-state index contributed by atoms with van der Waals surface area (Å²) >= 11 is 0. The van der Waals surface area contributed by atoms with Gasteiger partial charge < -0.3 is 0 Å². The molecule has 0 N–H and O–H groups in total. The maximum absolute atomic E-state index is 2.80. The molecule has 10 rings (SSSR count). The first-order chi connectivity index (χ1) is 16.3. The van der Waals surface area contributed by atoms with Crippen LogP contribution < -0.4 is 0 Å². The summed E-state index contributed by atoms with van der Waals surface area (Å²) < 4.78 is 0. The number of fused-ring (bicyclic) bond motifs is 22. The van der Waals surface area contributed by atoms with Gasteiger partial charge in [-0.2, -0.15) is 0 Å². The zero-order valence-electron chi connectivity index (χ0n) is 20.0. The lowest BCUT2D eigenvalue weighted by atomic mass is 9.75. The van der Waals surface area contributed by atoms with Crippen LogP contribution in [0.1, 0.15) is 180 Å². The van der Waals surface area contributed by atoms with Crippen molar-refractivity contribution < 1.29 is 0 Å². The molecular weight excluding hydrogens is 396 g/mol. The molecule has 0 amide bonds. The van der Waals surface area contributed by atoms with Crippen molar-refractivity contribution in [2.24, 2.45) is 0 Å². The Kier molecular flexibility index (Phi) is 3.13. The summed E-state index contributed by atoms with van der Waals surface area (Å²) in [5, 5.41) is 0. The standard InChI is InChI=1S/C33H36/c1-3-20-9-16(1)26-14-24(28-18-5-7-22(11-18)32(28)30(20)26)13-25-15-27-17-2-4-21(10-17)31(27)33-23-8-6-19(12-23)29(25)33/h14-23H,1-13H2. The largest absolute Gasteiger partial charge is 0.0546 e. The highest BCUT2D eigenvalue weighted by Crippen LogP contribution is 2.65. The quantitative estimate of drug-likeness (QED) is 0.445. The van der Waals surface area contributed by atoms with Crippen molar-refractivity contribution in [3.05, 3.63) is 67.8 Å². The summed E-state index contributed by atoms with van der Waals surface area (Å²) in [6, 6.07) is 5.61. The highest BCUT2D eigenvalue weighted by atomic mass is 14.5. The van der Waals surface area contributed by atoms with Crippen molar-refractivity contribution in [1.29, 1.82) is 0 Å². The van der Waals surface area contributed by atoms with Crippen molar-refractivity contribution in [3.8, 4) is 0 Å². The summed E-state index contributed by atoms with van der Waals surface area (Å²) in [6.07, 6.45) is 19.1. The zero-order chi connectivity index (χ0) is 21.0. The number of benzene rings is 2. The second-order valence-electron chi connectivity index (χ2n) is 13.7. The molecule has 8 aliphatic rings. The summed E-state index contributed by atoms with van der Waals surface area (Å²) in [5.41, 5.74) is 18.8. The normalized spacial score (nSPS) is 41.2. The Bertz CT molecular complexity index is 1160. The van der Waals surface area contributed by atoms with E-state index in [9.17, 15) is 0 Å². The van der Waals surface area contributed by atoms with Crippen LogP contribution in [-0.4, -0.2) is 0 Å². The van der Waals surface area contributed by atoms with E-state index in [0.29, 0.717) is 0 Å². The van der Waals surface area contributed by atoms with E-state index in [1.54, 1.807) is 11.1 Å². The van der Waals surface area contributed by atoms with Crippen LogP contribution in [-0.2, 0) is 6.42 Å². The molecule has 4 fully saturated rings. The van der Waals surface area contributed by atoms with Gasteiger partial charge in [-0.05, 0) is 186 Å². The average Bonchev–Trinajstić information content (AvgIpc) is 3.70. The first kappa shape index (κ1) is 17.8. The summed E-state index contributed by atoms with van der Waals surface area (Å²) in [5.74, 6) is 7.34. The molecule has 8 atom stereocenters. The molecule has 8 aliphatic carbocycles. The monoisotopic (exact) mass is 432 g/mol. The van der Waals surface area contributed by atoms with E-state index in [1.807, 2.05) is 44.5 Å². The fourth-order valence-corrected chi connectivity index (χ4v) is 11.6. The predicted octanol–water partition coefficient (Wildman–Crippen LogP) is 8.74. The van der Waals surface area contributed by atoms with Gasteiger partial charge in [-0.15, -0.1) is 0 Å². The third-order valence-electron chi connectivity index (χ3n) is 12.6. The van der Waals surface area contributed by atoms with Crippen molar-refractivity contribution >= 4 is 0 Å². The van der Waals surface area contributed by atoms with E-state index < -0.39 is 0 Å². The first-order valence-corrected chi connectivity index (χ1v) is 14.7. The number of hydrogen-bond acceptors (Lipinski definition) is 0. The lowest BCUT2D eigenvalue weighted by Crippen LogP contribution is -2.14. The van der Waals surface area contributed by atoms with Gasteiger partial charge in [0.15, 0.2) is 0 Å². The molecule has 168 valence electrons. The van der Waals surface area contributed by atoms with Crippen molar-refractivity contribution in [1.82, 2.24) is 0 Å². The van der Waals surface area contributed by atoms with Gasteiger partial charge in [0.1, 0.15) is 0 Å². The van der Waals surface area contributed by atoms with E-state index in [-0.39, 0.29) is 0 Å². The Morgan fingerprint density at radius 1 is 0.394 bits per heavy atom. The minimum Gasteiger partial charge on any atom is -0.0546 e. The molecule has 33 heavy (non-hydrogen) atoms. The van der Waals surface area contributed by atoms with Crippen LogP contribution in [0.3, 0.4) is 0 Å². The summed E-state index contributed by atoms with van der Waals surface area (Å²) in [7, 11) is 0.